The Bertz CT molecular complexity index is 3120. The predicted molar refractivity (Wildman–Crippen MR) is 245 cm³/mol. The van der Waals surface area contributed by atoms with Gasteiger partial charge in [-0.3, -0.25) is 0 Å². The Balaban J connectivity index is 1.18. The maximum atomic E-state index is 2.54. The summed E-state index contributed by atoms with van der Waals surface area (Å²) in [6, 6.07) is 73.8. The summed E-state index contributed by atoms with van der Waals surface area (Å²) in [6.07, 6.45) is 0. The summed E-state index contributed by atoms with van der Waals surface area (Å²) >= 11 is 1.90. The molecular formula is C55H39NS. The fourth-order valence-electron chi connectivity index (χ4n) is 9.27. The van der Waals surface area contributed by atoms with Crippen molar-refractivity contribution in [3.63, 3.8) is 0 Å². The molecule has 0 saturated carbocycles. The number of rotatable bonds is 6. The molecule has 9 aromatic carbocycles. The van der Waals surface area contributed by atoms with Crippen molar-refractivity contribution in [1.82, 2.24) is 0 Å². The van der Waals surface area contributed by atoms with E-state index < -0.39 is 0 Å². The number of nitrogens with zero attached hydrogens (tertiary/aromatic N) is 1. The van der Waals surface area contributed by atoms with E-state index in [1.54, 1.807) is 0 Å². The van der Waals surface area contributed by atoms with Crippen LogP contribution in [0.25, 0.3) is 75.5 Å². The summed E-state index contributed by atoms with van der Waals surface area (Å²) in [5.74, 6) is 0. The minimum Gasteiger partial charge on any atom is -0.309 e. The van der Waals surface area contributed by atoms with Gasteiger partial charge in [0, 0.05) is 53.3 Å². The topological polar surface area (TPSA) is 3.24 Å². The van der Waals surface area contributed by atoms with Gasteiger partial charge < -0.3 is 4.90 Å². The maximum Gasteiger partial charge on any atom is 0.0625 e. The lowest BCUT2D eigenvalue weighted by atomic mass is 9.82. The minimum atomic E-state index is -0.138. The molecule has 0 fully saturated rings. The standard InChI is InChI=1S/C55H39NS/c1-55(2)48-23-13-11-19-43(48)44-34-33-42(35-49(44)55)56(41-31-29-39(30-32-41)38-27-25-37(26-28-38)36-15-5-3-6-16-36)53-45-20-9-10-21-46(45)54-52(47-22-12-14-24-50(47)57-54)51(53)40-17-7-4-8-18-40/h3-35H,1-2H3. The molecule has 0 amide bonds. The smallest absolute Gasteiger partial charge is 0.0625 e. The van der Waals surface area contributed by atoms with Crippen LogP contribution in [0, 0.1) is 0 Å². The second-order valence-electron chi connectivity index (χ2n) is 15.7. The molecule has 0 N–H and O–H groups in total. The van der Waals surface area contributed by atoms with Gasteiger partial charge in [-0.05, 0) is 80.4 Å². The number of fused-ring (bicyclic) bond motifs is 8. The maximum absolute atomic E-state index is 2.54. The Morgan fingerprint density at radius 2 is 0.912 bits per heavy atom. The lowest BCUT2D eigenvalue weighted by Gasteiger charge is -2.31. The first-order valence-corrected chi connectivity index (χ1v) is 20.6. The van der Waals surface area contributed by atoms with Crippen LogP contribution >= 0.6 is 11.3 Å². The van der Waals surface area contributed by atoms with Gasteiger partial charge in [-0.2, -0.15) is 0 Å². The summed E-state index contributed by atoms with van der Waals surface area (Å²) in [5, 5.41) is 5.11. The third-order valence-electron chi connectivity index (χ3n) is 12.1. The van der Waals surface area contributed by atoms with E-state index in [4.69, 9.17) is 0 Å². The molecule has 1 aliphatic rings. The highest BCUT2D eigenvalue weighted by Crippen LogP contribution is 2.55. The number of anilines is 3. The van der Waals surface area contributed by atoms with E-state index in [2.05, 4.69) is 219 Å². The van der Waals surface area contributed by atoms with E-state index in [1.165, 1.54) is 92.3 Å². The Morgan fingerprint density at radius 1 is 0.404 bits per heavy atom. The van der Waals surface area contributed by atoms with Crippen molar-refractivity contribution in [3.05, 3.63) is 211 Å². The van der Waals surface area contributed by atoms with Gasteiger partial charge in [0.05, 0.1) is 5.69 Å². The highest BCUT2D eigenvalue weighted by molar-refractivity contribution is 7.26. The van der Waals surface area contributed by atoms with Crippen molar-refractivity contribution in [2.75, 3.05) is 4.90 Å². The van der Waals surface area contributed by atoms with Gasteiger partial charge >= 0.3 is 0 Å². The molecule has 2 heteroatoms. The van der Waals surface area contributed by atoms with E-state index in [1.807, 2.05) is 11.3 Å². The monoisotopic (exact) mass is 745 g/mol. The van der Waals surface area contributed by atoms with Crippen LogP contribution in [0.4, 0.5) is 17.1 Å². The van der Waals surface area contributed by atoms with E-state index in [-0.39, 0.29) is 5.41 Å². The molecule has 0 unspecified atom stereocenters. The second kappa shape index (κ2) is 13.2. The Kier molecular flexibility index (Phi) is 7.77. The second-order valence-corrected chi connectivity index (χ2v) is 16.7. The van der Waals surface area contributed by atoms with Crippen molar-refractivity contribution < 1.29 is 0 Å². The summed E-state index contributed by atoms with van der Waals surface area (Å²) in [5.41, 5.74) is 16.0. The van der Waals surface area contributed by atoms with Crippen molar-refractivity contribution in [2.24, 2.45) is 0 Å². The normalized spacial score (nSPS) is 12.9. The van der Waals surface area contributed by atoms with Crippen molar-refractivity contribution in [1.29, 1.82) is 0 Å². The third-order valence-corrected chi connectivity index (χ3v) is 13.3. The number of benzene rings is 9. The largest absolute Gasteiger partial charge is 0.309 e. The number of hydrogen-bond acceptors (Lipinski definition) is 2. The Hall–Kier alpha value is -6.74. The zero-order chi connectivity index (χ0) is 38.1. The third kappa shape index (κ3) is 5.36. The quantitative estimate of drug-likeness (QED) is 0.164. The summed E-state index contributed by atoms with van der Waals surface area (Å²) < 4.78 is 2.63. The molecule has 11 rings (SSSR count). The van der Waals surface area contributed by atoms with Crippen LogP contribution < -0.4 is 4.90 Å². The molecule has 0 bridgehead atoms. The summed E-state index contributed by atoms with van der Waals surface area (Å²) in [4.78, 5) is 2.54. The van der Waals surface area contributed by atoms with Gasteiger partial charge in [0.1, 0.15) is 0 Å². The molecule has 0 atom stereocenters. The molecule has 0 radical (unpaired) electrons. The first-order valence-electron chi connectivity index (χ1n) is 19.8. The van der Waals surface area contributed by atoms with Gasteiger partial charge in [-0.15, -0.1) is 11.3 Å². The SMILES string of the molecule is CC1(C)c2ccccc2-c2ccc(N(c3ccc(-c4ccc(-c5ccccc5)cc4)cc3)c3c(-c4ccccc4)c4c5ccccc5sc4c4ccccc34)cc21. The molecule has 10 aromatic rings. The molecule has 1 aromatic heterocycles. The van der Waals surface area contributed by atoms with Crippen LogP contribution in [0.15, 0.2) is 200 Å². The fourth-order valence-corrected chi connectivity index (χ4v) is 10.5. The Morgan fingerprint density at radius 3 is 1.61 bits per heavy atom. The van der Waals surface area contributed by atoms with E-state index in [0.29, 0.717) is 0 Å². The van der Waals surface area contributed by atoms with Crippen molar-refractivity contribution in [2.45, 2.75) is 19.3 Å². The highest BCUT2D eigenvalue weighted by atomic mass is 32.1. The molecule has 0 spiro atoms. The van der Waals surface area contributed by atoms with Crippen LogP contribution in [0.2, 0.25) is 0 Å². The van der Waals surface area contributed by atoms with Crippen molar-refractivity contribution in [3.8, 4) is 44.5 Å². The predicted octanol–water partition coefficient (Wildman–Crippen LogP) is 16.0. The first-order chi connectivity index (χ1) is 28.0. The van der Waals surface area contributed by atoms with Crippen LogP contribution in [-0.4, -0.2) is 0 Å². The minimum absolute atomic E-state index is 0.138. The molecular weight excluding hydrogens is 707 g/mol. The van der Waals surface area contributed by atoms with Gasteiger partial charge in [-0.25, -0.2) is 0 Å². The lowest BCUT2D eigenvalue weighted by molar-refractivity contribution is 0.660. The van der Waals surface area contributed by atoms with Crippen LogP contribution in [0.3, 0.4) is 0 Å². The Labute approximate surface area is 337 Å². The number of hydrogen-bond donors (Lipinski definition) is 0. The van der Waals surface area contributed by atoms with Gasteiger partial charge in [0.15, 0.2) is 0 Å². The summed E-state index contributed by atoms with van der Waals surface area (Å²) in [7, 11) is 0. The average Bonchev–Trinajstić information content (AvgIpc) is 3.77. The van der Waals surface area contributed by atoms with E-state index in [9.17, 15) is 0 Å². The average molecular weight is 746 g/mol. The molecule has 57 heavy (non-hydrogen) atoms. The van der Waals surface area contributed by atoms with E-state index in [0.717, 1.165) is 11.4 Å². The van der Waals surface area contributed by atoms with Crippen molar-refractivity contribution >= 4 is 59.3 Å². The van der Waals surface area contributed by atoms with Crippen LogP contribution in [0.1, 0.15) is 25.0 Å². The zero-order valence-electron chi connectivity index (χ0n) is 31.9. The highest BCUT2D eigenvalue weighted by Gasteiger charge is 2.36. The molecule has 1 aliphatic carbocycles. The van der Waals surface area contributed by atoms with Crippen LogP contribution in [0.5, 0.6) is 0 Å². The fraction of sp³-hybridized carbons (Fsp3) is 0.0545. The molecule has 1 nitrogen and oxygen atoms in total. The van der Waals surface area contributed by atoms with Crippen LogP contribution in [-0.2, 0) is 5.41 Å². The zero-order valence-corrected chi connectivity index (χ0v) is 32.7. The molecule has 1 heterocycles. The molecule has 270 valence electrons. The molecule has 0 saturated heterocycles. The first kappa shape index (κ1) is 33.6. The van der Waals surface area contributed by atoms with Gasteiger partial charge in [0.25, 0.3) is 0 Å². The summed E-state index contributed by atoms with van der Waals surface area (Å²) in [6.45, 7) is 4.75. The van der Waals surface area contributed by atoms with Gasteiger partial charge in [-0.1, -0.05) is 184 Å². The molecule has 0 aliphatic heterocycles. The van der Waals surface area contributed by atoms with E-state index >= 15 is 0 Å². The van der Waals surface area contributed by atoms with Gasteiger partial charge in [0.2, 0.25) is 0 Å². The lowest BCUT2D eigenvalue weighted by Crippen LogP contribution is -2.17. The number of thiophene rings is 1.